The molecule has 7 unspecified atom stereocenters. The summed E-state index contributed by atoms with van der Waals surface area (Å²) in [5.41, 5.74) is 2.64. The normalized spacial score (nSPS) is 48.3. The van der Waals surface area contributed by atoms with E-state index in [1.54, 1.807) is 6.92 Å². The highest BCUT2D eigenvalue weighted by molar-refractivity contribution is 5.66. The first-order chi connectivity index (χ1) is 14.4. The summed E-state index contributed by atoms with van der Waals surface area (Å²) in [7, 11) is 0. The zero-order chi connectivity index (χ0) is 23.2. The lowest BCUT2D eigenvalue weighted by atomic mass is 9.37. The molecule has 2 nitrogen and oxygen atoms in total. The van der Waals surface area contributed by atoms with Crippen LogP contribution in [0.1, 0.15) is 114 Å². The van der Waals surface area contributed by atoms with Gasteiger partial charge in [0, 0.05) is 6.92 Å². The number of carbonyl (C=O) groups is 1. The first-order valence-corrected chi connectivity index (χ1v) is 13.2. The summed E-state index contributed by atoms with van der Waals surface area (Å²) in [4.78, 5) is 11.7. The topological polar surface area (TPSA) is 26.3 Å². The van der Waals surface area contributed by atoms with Gasteiger partial charge in [-0.2, -0.15) is 0 Å². The Kier molecular flexibility index (Phi) is 7.10. The molecule has 0 aromatic rings. The second kappa shape index (κ2) is 8.86. The second-order valence-electron chi connectivity index (χ2n) is 12.7. The third-order valence-corrected chi connectivity index (χ3v) is 11.1. The van der Waals surface area contributed by atoms with Crippen molar-refractivity contribution >= 4 is 5.97 Å². The first kappa shape index (κ1) is 24.8. The largest absolute Gasteiger partial charge is 0.462 e. The molecule has 0 aliphatic heterocycles. The van der Waals surface area contributed by atoms with Crippen molar-refractivity contribution in [3.05, 3.63) is 11.6 Å². The Labute approximate surface area is 193 Å². The number of hydrogen-bond donors (Lipinski definition) is 0. The predicted octanol–water partition coefficient (Wildman–Crippen LogP) is 8.21. The van der Waals surface area contributed by atoms with Crippen molar-refractivity contribution in [1.82, 2.24) is 0 Å². The Morgan fingerprint density at radius 3 is 2.13 bits per heavy atom. The van der Waals surface area contributed by atoms with E-state index in [-0.39, 0.29) is 12.1 Å². The Morgan fingerprint density at radius 1 is 0.903 bits per heavy atom. The Hall–Kier alpha value is -0.790. The maximum absolute atomic E-state index is 11.7. The molecule has 9 atom stereocenters. The molecule has 2 heteroatoms. The first-order valence-electron chi connectivity index (χ1n) is 13.2. The molecule has 0 heterocycles. The number of fused-ring (bicyclic) bond motifs is 5. The molecule has 4 saturated carbocycles. The molecule has 178 valence electrons. The number of rotatable bonds is 1. The molecule has 31 heavy (non-hydrogen) atoms. The predicted molar refractivity (Wildman–Crippen MR) is 131 cm³/mol. The van der Waals surface area contributed by atoms with Crippen LogP contribution in [0.15, 0.2) is 11.6 Å². The molecular weight excluding hydrogens is 380 g/mol. The number of hydrogen-bond acceptors (Lipinski definition) is 2. The van der Waals surface area contributed by atoms with Gasteiger partial charge in [0.25, 0.3) is 0 Å². The number of esters is 1. The van der Waals surface area contributed by atoms with Crippen LogP contribution < -0.4 is 0 Å². The zero-order valence-corrected chi connectivity index (χ0v) is 22.0. The zero-order valence-electron chi connectivity index (χ0n) is 22.0. The molecule has 0 bridgehead atoms. The van der Waals surface area contributed by atoms with E-state index >= 15 is 0 Å². The van der Waals surface area contributed by atoms with Crippen LogP contribution in [-0.2, 0) is 9.53 Å². The van der Waals surface area contributed by atoms with E-state index in [1.165, 1.54) is 50.5 Å². The highest BCUT2D eigenvalue weighted by Crippen LogP contribution is 2.74. The lowest BCUT2D eigenvalue weighted by Crippen LogP contribution is -2.60. The standard InChI is InChI=1S/C24H40O2.C5H10/c1-15-8-7-12-22(4)18(15)11-13-23(5)21(22)10-9-19-16(2)20(26-17(3)25)14-24(19,23)6;1-4-5(2)3/h15-16,18-21H,7-14H2,1-6H3;4H,1-3H3/t15-,16?,18?,19?,20?,21?,22?,23+,24?;/m1./s1. The van der Waals surface area contributed by atoms with Crippen molar-refractivity contribution in [2.75, 3.05) is 0 Å². The van der Waals surface area contributed by atoms with Crippen LogP contribution in [0.3, 0.4) is 0 Å². The second-order valence-corrected chi connectivity index (χ2v) is 12.7. The van der Waals surface area contributed by atoms with Crippen molar-refractivity contribution in [3.8, 4) is 0 Å². The summed E-state index contributed by atoms with van der Waals surface area (Å²) >= 11 is 0. The summed E-state index contributed by atoms with van der Waals surface area (Å²) in [6.07, 6.45) is 13.1. The van der Waals surface area contributed by atoms with E-state index in [9.17, 15) is 4.79 Å². The molecule has 0 amide bonds. The summed E-state index contributed by atoms with van der Waals surface area (Å²) < 4.78 is 5.82. The molecule has 0 spiro atoms. The van der Waals surface area contributed by atoms with Gasteiger partial charge in [-0.25, -0.2) is 0 Å². The van der Waals surface area contributed by atoms with Crippen LogP contribution in [0.25, 0.3) is 0 Å². The molecule has 4 aliphatic carbocycles. The lowest BCUT2D eigenvalue weighted by molar-refractivity contribution is -0.189. The minimum atomic E-state index is -0.0948. The van der Waals surface area contributed by atoms with E-state index in [0.29, 0.717) is 28.1 Å². The van der Waals surface area contributed by atoms with Gasteiger partial charge >= 0.3 is 5.97 Å². The van der Waals surface area contributed by atoms with E-state index < -0.39 is 0 Å². The van der Waals surface area contributed by atoms with Gasteiger partial charge < -0.3 is 4.74 Å². The van der Waals surface area contributed by atoms with E-state index in [1.807, 2.05) is 6.92 Å². The van der Waals surface area contributed by atoms with E-state index in [4.69, 9.17) is 4.74 Å². The van der Waals surface area contributed by atoms with Crippen molar-refractivity contribution in [1.29, 1.82) is 0 Å². The van der Waals surface area contributed by atoms with Gasteiger partial charge in [-0.3, -0.25) is 4.79 Å². The maximum Gasteiger partial charge on any atom is 0.302 e. The van der Waals surface area contributed by atoms with Crippen LogP contribution in [0.5, 0.6) is 0 Å². The fourth-order valence-corrected chi connectivity index (χ4v) is 9.12. The summed E-state index contributed by atoms with van der Waals surface area (Å²) in [6, 6.07) is 0. The van der Waals surface area contributed by atoms with E-state index in [0.717, 1.165) is 24.2 Å². The molecule has 0 radical (unpaired) electrons. The van der Waals surface area contributed by atoms with Crippen molar-refractivity contribution < 1.29 is 9.53 Å². The average Bonchev–Trinajstić information content (AvgIpc) is 2.93. The molecule has 0 aromatic heterocycles. The van der Waals surface area contributed by atoms with Gasteiger partial charge in [0.15, 0.2) is 0 Å². The summed E-state index contributed by atoms with van der Waals surface area (Å²) in [5, 5.41) is 0. The van der Waals surface area contributed by atoms with Gasteiger partial charge in [-0.15, -0.1) is 0 Å². The smallest absolute Gasteiger partial charge is 0.302 e. The molecule has 0 saturated heterocycles. The lowest BCUT2D eigenvalue weighted by Gasteiger charge is -2.67. The monoisotopic (exact) mass is 430 g/mol. The minimum absolute atomic E-state index is 0.0948. The summed E-state index contributed by atoms with van der Waals surface area (Å²) in [6.45, 7) is 20.5. The van der Waals surface area contributed by atoms with Gasteiger partial charge in [0.2, 0.25) is 0 Å². The Bertz CT molecular complexity index is 691. The number of allylic oxidation sites excluding steroid dienone is 2. The molecular formula is C29H50O2. The molecule has 4 fully saturated rings. The van der Waals surface area contributed by atoms with Gasteiger partial charge in [0.05, 0.1) is 0 Å². The van der Waals surface area contributed by atoms with E-state index in [2.05, 4.69) is 54.5 Å². The molecule has 4 aliphatic rings. The Morgan fingerprint density at radius 2 is 1.55 bits per heavy atom. The van der Waals surface area contributed by atoms with Gasteiger partial charge in [-0.1, -0.05) is 59.1 Å². The van der Waals surface area contributed by atoms with Crippen LogP contribution in [0.2, 0.25) is 0 Å². The van der Waals surface area contributed by atoms with Crippen LogP contribution in [0.4, 0.5) is 0 Å². The fourth-order valence-electron chi connectivity index (χ4n) is 9.12. The van der Waals surface area contributed by atoms with Crippen LogP contribution in [-0.4, -0.2) is 12.1 Å². The minimum Gasteiger partial charge on any atom is -0.462 e. The maximum atomic E-state index is 11.7. The van der Waals surface area contributed by atoms with Crippen molar-refractivity contribution in [2.45, 2.75) is 120 Å². The van der Waals surface area contributed by atoms with Crippen LogP contribution >= 0.6 is 0 Å². The fraction of sp³-hybridized carbons (Fsp3) is 0.897. The number of ether oxygens (including phenoxy) is 1. The molecule has 4 rings (SSSR count). The average molecular weight is 431 g/mol. The third kappa shape index (κ3) is 4.04. The van der Waals surface area contributed by atoms with Crippen LogP contribution in [0, 0.1) is 45.8 Å². The highest BCUT2D eigenvalue weighted by atomic mass is 16.5. The highest BCUT2D eigenvalue weighted by Gasteiger charge is 2.68. The molecule has 0 aromatic carbocycles. The third-order valence-electron chi connectivity index (χ3n) is 11.1. The SMILES string of the molecule is CC(=O)OC1CC2(C)C(CCC3C4(C)CCC[C@@H](C)C4CC[C@@]32C)C1C.CC=C(C)C. The Balaban J connectivity index is 0.000000491. The quantitative estimate of drug-likeness (QED) is 0.309. The molecule has 0 N–H and O–H groups in total. The summed E-state index contributed by atoms with van der Waals surface area (Å²) in [5.74, 6) is 3.81. The van der Waals surface area contributed by atoms with Crippen molar-refractivity contribution in [2.24, 2.45) is 45.8 Å². The van der Waals surface area contributed by atoms with Crippen molar-refractivity contribution in [3.63, 3.8) is 0 Å². The van der Waals surface area contributed by atoms with Gasteiger partial charge in [-0.05, 0) is 105 Å². The number of carbonyl (C=O) groups excluding carboxylic acids is 1. The van der Waals surface area contributed by atoms with Gasteiger partial charge in [0.1, 0.15) is 6.10 Å².